The Labute approximate surface area is 120 Å². The van der Waals surface area contributed by atoms with E-state index in [-0.39, 0.29) is 11.7 Å². The number of phenols is 1. The van der Waals surface area contributed by atoms with Crippen molar-refractivity contribution < 1.29 is 14.6 Å². The van der Waals surface area contributed by atoms with Crippen LogP contribution in [0.4, 0.5) is 0 Å². The second kappa shape index (κ2) is 5.68. The van der Waals surface area contributed by atoms with Crippen LogP contribution in [-0.2, 0) is 9.53 Å². The Morgan fingerprint density at radius 1 is 1.25 bits per heavy atom. The number of hydrogen-bond donors (Lipinski definition) is 1. The van der Waals surface area contributed by atoms with Gasteiger partial charge in [-0.05, 0) is 35.5 Å². The number of thioether (sulfide) groups is 1. The molecule has 0 radical (unpaired) electrons. The van der Waals surface area contributed by atoms with Crippen LogP contribution in [0.25, 0.3) is 6.08 Å². The van der Waals surface area contributed by atoms with E-state index in [1.807, 2.05) is 0 Å². The van der Waals surface area contributed by atoms with Crippen molar-refractivity contribution in [3.05, 3.63) is 34.7 Å². The van der Waals surface area contributed by atoms with E-state index < -0.39 is 0 Å². The molecule has 6 heteroatoms. The van der Waals surface area contributed by atoms with Gasteiger partial charge in [0, 0.05) is 13.1 Å². The monoisotopic (exact) mass is 290 g/mol. The highest BCUT2D eigenvalue weighted by Gasteiger charge is 2.26. The number of morpholine rings is 1. The van der Waals surface area contributed by atoms with Crippen LogP contribution in [0.5, 0.6) is 5.75 Å². The minimum atomic E-state index is -0.204. The summed E-state index contributed by atoms with van der Waals surface area (Å²) in [5.74, 6) is 0.00683. The number of aromatic hydroxyl groups is 1. The Morgan fingerprint density at radius 3 is 2.65 bits per heavy atom. The van der Waals surface area contributed by atoms with Gasteiger partial charge in [0.2, 0.25) is 0 Å². The lowest BCUT2D eigenvalue weighted by Gasteiger charge is -2.27. The van der Waals surface area contributed by atoms with Crippen LogP contribution in [0, 0.1) is 0 Å². The fourth-order valence-electron chi connectivity index (χ4n) is 2.01. The number of rotatable bonds is 1. The second-order valence-corrected chi connectivity index (χ2v) is 5.51. The molecule has 0 bridgehead atoms. The number of nitrogens with zero attached hydrogens (tertiary/aromatic N) is 2. The standard InChI is InChI=1S/C14H14N2O3S/c17-11-3-1-10(2-4-11)9-12-13(18)15-14(20-12)16-5-7-19-8-6-16/h1-4,9,17H,5-8H2/b12-9+. The van der Waals surface area contributed by atoms with E-state index in [9.17, 15) is 9.90 Å². The first-order valence-electron chi connectivity index (χ1n) is 6.37. The molecule has 0 atom stereocenters. The summed E-state index contributed by atoms with van der Waals surface area (Å²) in [6.07, 6.45) is 1.80. The smallest absolute Gasteiger partial charge is 0.286 e. The summed E-state index contributed by atoms with van der Waals surface area (Å²) >= 11 is 1.39. The Bertz CT molecular complexity index is 575. The topological polar surface area (TPSA) is 62.1 Å². The second-order valence-electron chi connectivity index (χ2n) is 4.50. The van der Waals surface area contributed by atoms with Crippen molar-refractivity contribution in [3.8, 4) is 5.75 Å². The highest BCUT2D eigenvalue weighted by molar-refractivity contribution is 8.18. The molecule has 0 saturated carbocycles. The van der Waals surface area contributed by atoms with Gasteiger partial charge in [-0.25, -0.2) is 0 Å². The first-order valence-corrected chi connectivity index (χ1v) is 7.18. The van der Waals surface area contributed by atoms with Crippen LogP contribution in [0.3, 0.4) is 0 Å². The number of amidine groups is 1. The van der Waals surface area contributed by atoms with Gasteiger partial charge in [-0.1, -0.05) is 12.1 Å². The molecule has 3 rings (SSSR count). The number of aliphatic imine (C=N–C) groups is 1. The van der Waals surface area contributed by atoms with E-state index in [4.69, 9.17) is 4.74 Å². The molecular formula is C14H14N2O3S. The molecular weight excluding hydrogens is 276 g/mol. The molecule has 0 spiro atoms. The molecule has 1 N–H and O–H groups in total. The van der Waals surface area contributed by atoms with E-state index in [0.717, 1.165) is 23.8 Å². The Morgan fingerprint density at radius 2 is 1.95 bits per heavy atom. The number of ether oxygens (including phenoxy) is 1. The van der Waals surface area contributed by atoms with E-state index in [1.54, 1.807) is 30.3 Å². The number of carbonyl (C=O) groups is 1. The summed E-state index contributed by atoms with van der Waals surface area (Å²) in [6.45, 7) is 2.88. The molecule has 1 fully saturated rings. The lowest BCUT2D eigenvalue weighted by Crippen LogP contribution is -2.38. The zero-order chi connectivity index (χ0) is 13.9. The van der Waals surface area contributed by atoms with E-state index in [1.165, 1.54) is 11.8 Å². The normalized spacial score (nSPS) is 21.4. The van der Waals surface area contributed by atoms with Crippen molar-refractivity contribution in [2.75, 3.05) is 26.3 Å². The highest BCUT2D eigenvalue weighted by atomic mass is 32.2. The zero-order valence-corrected chi connectivity index (χ0v) is 11.6. The van der Waals surface area contributed by atoms with Crippen molar-refractivity contribution >= 4 is 28.9 Å². The van der Waals surface area contributed by atoms with Gasteiger partial charge in [-0.3, -0.25) is 4.79 Å². The summed E-state index contributed by atoms with van der Waals surface area (Å²) in [5, 5.41) is 10.0. The zero-order valence-electron chi connectivity index (χ0n) is 10.8. The fourth-order valence-corrected chi connectivity index (χ4v) is 2.97. The van der Waals surface area contributed by atoms with E-state index >= 15 is 0 Å². The average Bonchev–Trinajstić information content (AvgIpc) is 2.84. The van der Waals surface area contributed by atoms with Crippen molar-refractivity contribution in [2.45, 2.75) is 0 Å². The number of carbonyl (C=O) groups excluding carboxylic acids is 1. The molecule has 20 heavy (non-hydrogen) atoms. The van der Waals surface area contributed by atoms with Crippen molar-refractivity contribution in [1.29, 1.82) is 0 Å². The molecule has 1 aromatic carbocycles. The summed E-state index contributed by atoms with van der Waals surface area (Å²) in [7, 11) is 0. The third kappa shape index (κ3) is 2.86. The van der Waals surface area contributed by atoms with Gasteiger partial charge in [0.25, 0.3) is 5.91 Å². The maximum Gasteiger partial charge on any atom is 0.286 e. The average molecular weight is 290 g/mol. The highest BCUT2D eigenvalue weighted by Crippen LogP contribution is 2.30. The van der Waals surface area contributed by atoms with E-state index in [2.05, 4.69) is 9.89 Å². The fraction of sp³-hybridized carbons (Fsp3) is 0.286. The lowest BCUT2D eigenvalue weighted by molar-refractivity contribution is -0.113. The van der Waals surface area contributed by atoms with Crippen LogP contribution in [0.15, 0.2) is 34.2 Å². The molecule has 0 unspecified atom stereocenters. The predicted molar refractivity (Wildman–Crippen MR) is 78.5 cm³/mol. The molecule has 1 amide bonds. The minimum absolute atomic E-state index is 0.204. The molecule has 0 aliphatic carbocycles. The van der Waals surface area contributed by atoms with Gasteiger partial charge in [0.05, 0.1) is 18.1 Å². The van der Waals surface area contributed by atoms with Crippen LogP contribution >= 0.6 is 11.8 Å². The molecule has 104 valence electrons. The van der Waals surface area contributed by atoms with E-state index in [0.29, 0.717) is 18.1 Å². The van der Waals surface area contributed by atoms with Crippen LogP contribution < -0.4 is 0 Å². The Hall–Kier alpha value is -1.79. The van der Waals surface area contributed by atoms with Gasteiger partial charge in [0.15, 0.2) is 5.17 Å². The number of benzene rings is 1. The van der Waals surface area contributed by atoms with Gasteiger partial charge in [-0.15, -0.1) is 0 Å². The summed E-state index contributed by atoms with van der Waals surface area (Å²) in [6, 6.07) is 6.73. The molecule has 1 aromatic rings. The third-order valence-electron chi connectivity index (χ3n) is 3.08. The Balaban J connectivity index is 1.74. The molecule has 2 aliphatic heterocycles. The van der Waals surface area contributed by atoms with Crippen LogP contribution in [0.1, 0.15) is 5.56 Å². The van der Waals surface area contributed by atoms with Crippen molar-refractivity contribution in [3.63, 3.8) is 0 Å². The first-order chi connectivity index (χ1) is 9.72. The van der Waals surface area contributed by atoms with Crippen LogP contribution in [-0.4, -0.2) is 47.4 Å². The molecule has 2 heterocycles. The predicted octanol–water partition coefficient (Wildman–Crippen LogP) is 1.69. The quantitative estimate of drug-likeness (QED) is 0.798. The third-order valence-corrected chi connectivity index (χ3v) is 4.13. The Kier molecular flexibility index (Phi) is 3.75. The molecule has 0 aromatic heterocycles. The summed E-state index contributed by atoms with van der Waals surface area (Å²) in [5.41, 5.74) is 0.872. The summed E-state index contributed by atoms with van der Waals surface area (Å²) < 4.78 is 5.29. The SMILES string of the molecule is O=C1N=C(N2CCOCC2)S/C1=C/c1ccc(O)cc1. The van der Waals surface area contributed by atoms with Crippen molar-refractivity contribution in [2.24, 2.45) is 4.99 Å². The molecule has 5 nitrogen and oxygen atoms in total. The van der Waals surface area contributed by atoms with Gasteiger partial charge >= 0.3 is 0 Å². The maximum atomic E-state index is 11.9. The maximum absolute atomic E-state index is 11.9. The number of amides is 1. The number of hydrogen-bond acceptors (Lipinski definition) is 5. The largest absolute Gasteiger partial charge is 0.508 e. The minimum Gasteiger partial charge on any atom is -0.508 e. The van der Waals surface area contributed by atoms with Gasteiger partial charge < -0.3 is 14.7 Å². The molecule has 2 aliphatic rings. The molecule has 1 saturated heterocycles. The number of phenolic OH excluding ortho intramolecular Hbond substituents is 1. The summed E-state index contributed by atoms with van der Waals surface area (Å²) in [4.78, 5) is 18.7. The lowest BCUT2D eigenvalue weighted by atomic mass is 10.2. The van der Waals surface area contributed by atoms with Crippen LogP contribution in [0.2, 0.25) is 0 Å². The van der Waals surface area contributed by atoms with Gasteiger partial charge in [-0.2, -0.15) is 4.99 Å². The van der Waals surface area contributed by atoms with Gasteiger partial charge in [0.1, 0.15) is 5.75 Å². The first kappa shape index (κ1) is 13.2. The van der Waals surface area contributed by atoms with Crippen molar-refractivity contribution in [1.82, 2.24) is 4.90 Å².